The molecule has 4 nitrogen and oxygen atoms in total. The van der Waals surface area contributed by atoms with Crippen molar-refractivity contribution in [1.82, 2.24) is 14.5 Å². The van der Waals surface area contributed by atoms with Crippen molar-refractivity contribution >= 4 is 16.9 Å². The van der Waals surface area contributed by atoms with Crippen LogP contribution in [0, 0.1) is 5.92 Å². The third kappa shape index (κ3) is 1.77. The third-order valence-electron chi connectivity index (χ3n) is 3.24. The molecule has 17 heavy (non-hydrogen) atoms. The summed E-state index contributed by atoms with van der Waals surface area (Å²) in [6, 6.07) is 2.08. The largest absolute Gasteiger partial charge is 0.354 e. The lowest BCUT2D eigenvalue weighted by molar-refractivity contribution is 0.585. The van der Waals surface area contributed by atoms with Crippen LogP contribution in [0.25, 0.3) is 11.0 Å². The quantitative estimate of drug-likeness (QED) is 0.794. The van der Waals surface area contributed by atoms with Crippen molar-refractivity contribution in [2.45, 2.75) is 26.8 Å². The molecule has 0 bridgehead atoms. The van der Waals surface area contributed by atoms with Gasteiger partial charge >= 0.3 is 0 Å². The summed E-state index contributed by atoms with van der Waals surface area (Å²) in [7, 11) is 0. The molecule has 4 heteroatoms. The van der Waals surface area contributed by atoms with Crippen LogP contribution in [0.2, 0.25) is 0 Å². The molecule has 1 aliphatic heterocycles. The molecular formula is C13H18N4. The van der Waals surface area contributed by atoms with Gasteiger partial charge in [0.05, 0.1) is 5.52 Å². The Morgan fingerprint density at radius 3 is 3.00 bits per heavy atom. The normalized spacial score (nSPS) is 15.6. The molecule has 0 spiro atoms. The van der Waals surface area contributed by atoms with Crippen LogP contribution in [0.15, 0.2) is 18.6 Å². The maximum absolute atomic E-state index is 4.50. The standard InChI is InChI=1S/C13H18N4/c1-10(2)8-17-6-3-5-16-7-4-11-12(16)13(17)15-9-14-11/h4,7,9-10H,3,5-6,8H2,1-2H3. The number of rotatable bonds is 2. The highest BCUT2D eigenvalue weighted by atomic mass is 15.2. The maximum atomic E-state index is 4.50. The van der Waals surface area contributed by atoms with E-state index in [-0.39, 0.29) is 0 Å². The number of nitrogens with zero attached hydrogens (tertiary/aromatic N) is 4. The van der Waals surface area contributed by atoms with E-state index >= 15 is 0 Å². The monoisotopic (exact) mass is 230 g/mol. The van der Waals surface area contributed by atoms with E-state index in [2.05, 4.69) is 45.5 Å². The van der Waals surface area contributed by atoms with Crippen molar-refractivity contribution < 1.29 is 0 Å². The molecule has 0 unspecified atom stereocenters. The first-order valence-electron chi connectivity index (χ1n) is 6.30. The lowest BCUT2D eigenvalue weighted by Crippen LogP contribution is -2.29. The number of aryl methyl sites for hydroxylation is 1. The van der Waals surface area contributed by atoms with Gasteiger partial charge in [-0.3, -0.25) is 0 Å². The predicted octanol–water partition coefficient (Wildman–Crippen LogP) is 2.30. The van der Waals surface area contributed by atoms with Crippen molar-refractivity contribution in [2.24, 2.45) is 5.92 Å². The van der Waals surface area contributed by atoms with Crippen molar-refractivity contribution in [1.29, 1.82) is 0 Å². The van der Waals surface area contributed by atoms with E-state index in [0.29, 0.717) is 5.92 Å². The van der Waals surface area contributed by atoms with Crippen LogP contribution in [0.4, 0.5) is 5.82 Å². The van der Waals surface area contributed by atoms with Crippen molar-refractivity contribution in [3.8, 4) is 0 Å². The predicted molar refractivity (Wildman–Crippen MR) is 69.2 cm³/mol. The van der Waals surface area contributed by atoms with Crippen molar-refractivity contribution in [3.63, 3.8) is 0 Å². The average molecular weight is 230 g/mol. The molecule has 1 aliphatic rings. The summed E-state index contributed by atoms with van der Waals surface area (Å²) >= 11 is 0. The molecule has 0 atom stereocenters. The van der Waals surface area contributed by atoms with E-state index in [1.807, 2.05) is 0 Å². The molecule has 0 aromatic carbocycles. The topological polar surface area (TPSA) is 34.0 Å². The number of hydrogen-bond donors (Lipinski definition) is 0. The molecule has 90 valence electrons. The molecule has 2 aromatic heterocycles. The SMILES string of the molecule is CC(C)CN1CCCn2ccc3ncnc1c32. The zero-order chi connectivity index (χ0) is 11.8. The number of aromatic nitrogens is 3. The Hall–Kier alpha value is -1.58. The Labute approximate surface area is 101 Å². The first-order valence-corrected chi connectivity index (χ1v) is 6.30. The van der Waals surface area contributed by atoms with Crippen molar-refractivity contribution in [2.75, 3.05) is 18.0 Å². The van der Waals surface area contributed by atoms with E-state index < -0.39 is 0 Å². The van der Waals surface area contributed by atoms with E-state index in [4.69, 9.17) is 0 Å². The van der Waals surface area contributed by atoms with Crippen LogP contribution in [0.5, 0.6) is 0 Å². The summed E-state index contributed by atoms with van der Waals surface area (Å²) in [5.74, 6) is 1.76. The highest BCUT2D eigenvalue weighted by Gasteiger charge is 2.19. The van der Waals surface area contributed by atoms with E-state index in [1.54, 1.807) is 6.33 Å². The summed E-state index contributed by atoms with van der Waals surface area (Å²) in [5, 5.41) is 0. The smallest absolute Gasteiger partial charge is 0.156 e. The Morgan fingerprint density at radius 2 is 2.18 bits per heavy atom. The van der Waals surface area contributed by atoms with Crippen molar-refractivity contribution in [3.05, 3.63) is 18.6 Å². The average Bonchev–Trinajstić information content (AvgIpc) is 2.62. The van der Waals surface area contributed by atoms with Gasteiger partial charge in [0.1, 0.15) is 11.8 Å². The highest BCUT2D eigenvalue weighted by molar-refractivity contribution is 5.87. The molecule has 3 rings (SSSR count). The van der Waals surface area contributed by atoms with E-state index in [9.17, 15) is 0 Å². The lowest BCUT2D eigenvalue weighted by Gasteiger charge is -2.24. The molecule has 0 fully saturated rings. The molecule has 0 amide bonds. The lowest BCUT2D eigenvalue weighted by atomic mass is 10.2. The van der Waals surface area contributed by atoms with Crippen LogP contribution >= 0.6 is 0 Å². The molecule has 3 heterocycles. The molecular weight excluding hydrogens is 212 g/mol. The van der Waals surface area contributed by atoms with E-state index in [1.165, 1.54) is 11.9 Å². The molecule has 0 aliphatic carbocycles. The Morgan fingerprint density at radius 1 is 1.29 bits per heavy atom. The molecule has 0 saturated heterocycles. The zero-order valence-electron chi connectivity index (χ0n) is 10.4. The summed E-state index contributed by atoms with van der Waals surface area (Å²) < 4.78 is 2.28. The van der Waals surface area contributed by atoms with Gasteiger partial charge < -0.3 is 9.47 Å². The van der Waals surface area contributed by atoms with Crippen LogP contribution in [-0.4, -0.2) is 27.6 Å². The van der Waals surface area contributed by atoms with Crippen LogP contribution in [0.3, 0.4) is 0 Å². The second-order valence-electron chi connectivity index (χ2n) is 5.13. The first-order chi connectivity index (χ1) is 8.25. The van der Waals surface area contributed by atoms with Gasteiger partial charge in [0.2, 0.25) is 0 Å². The minimum Gasteiger partial charge on any atom is -0.354 e. The van der Waals surface area contributed by atoms with Gasteiger partial charge in [0.15, 0.2) is 5.82 Å². The maximum Gasteiger partial charge on any atom is 0.156 e. The second-order valence-corrected chi connectivity index (χ2v) is 5.13. The summed E-state index contributed by atoms with van der Waals surface area (Å²) in [5.41, 5.74) is 2.26. The minimum absolute atomic E-state index is 0.654. The number of anilines is 1. The minimum atomic E-state index is 0.654. The Balaban J connectivity index is 2.13. The Kier molecular flexibility index (Phi) is 2.50. The van der Waals surface area contributed by atoms with Gasteiger partial charge in [-0.15, -0.1) is 0 Å². The molecule has 2 aromatic rings. The number of hydrogen-bond acceptors (Lipinski definition) is 3. The van der Waals surface area contributed by atoms with Gasteiger partial charge in [-0.2, -0.15) is 0 Å². The summed E-state index contributed by atoms with van der Waals surface area (Å²) in [6.07, 6.45) is 4.98. The molecule has 0 saturated carbocycles. The third-order valence-corrected chi connectivity index (χ3v) is 3.24. The highest BCUT2D eigenvalue weighted by Crippen LogP contribution is 2.27. The van der Waals surface area contributed by atoms with Gasteiger partial charge in [-0.05, 0) is 18.4 Å². The molecule has 0 radical (unpaired) electrons. The van der Waals surface area contributed by atoms with Gasteiger partial charge in [-0.25, -0.2) is 9.97 Å². The van der Waals surface area contributed by atoms with E-state index in [0.717, 1.165) is 31.0 Å². The van der Waals surface area contributed by atoms with Gasteiger partial charge in [0.25, 0.3) is 0 Å². The summed E-state index contributed by atoms with van der Waals surface area (Å²) in [6.45, 7) is 7.73. The second kappa shape index (κ2) is 4.02. The van der Waals surface area contributed by atoms with Crippen LogP contribution < -0.4 is 4.90 Å². The fourth-order valence-electron chi connectivity index (χ4n) is 2.59. The zero-order valence-corrected chi connectivity index (χ0v) is 10.4. The van der Waals surface area contributed by atoms with Gasteiger partial charge in [0, 0.05) is 25.8 Å². The van der Waals surface area contributed by atoms with Crippen LogP contribution in [0.1, 0.15) is 20.3 Å². The fraction of sp³-hybridized carbons (Fsp3) is 0.538. The first kappa shape index (κ1) is 10.6. The van der Waals surface area contributed by atoms with Crippen LogP contribution in [-0.2, 0) is 6.54 Å². The molecule has 0 N–H and O–H groups in total. The summed E-state index contributed by atoms with van der Waals surface area (Å²) in [4.78, 5) is 11.2. The van der Waals surface area contributed by atoms with Gasteiger partial charge in [-0.1, -0.05) is 13.8 Å². The Bertz CT molecular complexity index is 529. The fourth-order valence-corrected chi connectivity index (χ4v) is 2.59.